The number of nitrogens with zero attached hydrogens (tertiary/aromatic N) is 2. The number of aromatic nitrogens is 1. The summed E-state index contributed by atoms with van der Waals surface area (Å²) in [6.45, 7) is 2.02. The summed E-state index contributed by atoms with van der Waals surface area (Å²) < 4.78 is 0. The molecule has 2 atom stereocenters. The Morgan fingerprint density at radius 3 is 2.81 bits per heavy atom. The molecule has 1 aromatic rings. The number of allylic oxidation sites excluding steroid dienone is 1. The fraction of sp³-hybridized carbons (Fsp3) is 0.357. The highest BCUT2D eigenvalue weighted by Gasteiger charge is 2.48. The molecular weight excluding hydrogens is 292 g/mol. The van der Waals surface area contributed by atoms with E-state index in [0.29, 0.717) is 5.56 Å². The maximum Gasteiger partial charge on any atom is 0.300 e. The van der Waals surface area contributed by atoms with Gasteiger partial charge in [-0.25, -0.2) is 0 Å². The number of ketones is 2. The van der Waals surface area contributed by atoms with Crippen molar-refractivity contribution in [2.24, 2.45) is 5.92 Å². The molecule has 0 N–H and O–H groups in total. The Morgan fingerprint density at radius 1 is 1.38 bits per heavy atom. The van der Waals surface area contributed by atoms with E-state index < -0.39 is 16.1 Å². The molecule has 21 heavy (non-hydrogen) atoms. The Morgan fingerprint density at radius 2 is 2.14 bits per heavy atom. The number of carbonyl (C=O) groups excluding carboxylic acids is 2. The van der Waals surface area contributed by atoms with E-state index in [0.717, 1.165) is 30.2 Å². The highest BCUT2D eigenvalue weighted by atomic mass is 32.2. The summed E-state index contributed by atoms with van der Waals surface area (Å²) in [5, 5.41) is 10.00. The van der Waals surface area contributed by atoms with E-state index in [4.69, 9.17) is 0 Å². The van der Waals surface area contributed by atoms with E-state index in [-0.39, 0.29) is 22.3 Å². The molecule has 0 saturated carbocycles. The molecule has 1 aromatic heterocycles. The molecule has 0 spiro atoms. The number of nitro groups is 1. The van der Waals surface area contributed by atoms with Crippen LogP contribution in [0.3, 0.4) is 0 Å². The van der Waals surface area contributed by atoms with Gasteiger partial charge < -0.3 is 0 Å². The van der Waals surface area contributed by atoms with Gasteiger partial charge in [-0.3, -0.25) is 24.7 Å². The maximum atomic E-state index is 12.5. The summed E-state index contributed by atoms with van der Waals surface area (Å²) in [6.07, 6.45) is 4.58. The van der Waals surface area contributed by atoms with Gasteiger partial charge in [0.05, 0.1) is 16.1 Å². The average Bonchev–Trinajstić information content (AvgIpc) is 2.91. The van der Waals surface area contributed by atoms with Gasteiger partial charge in [0.25, 0.3) is 0 Å². The largest absolute Gasteiger partial charge is 0.300 e. The lowest BCUT2D eigenvalue weighted by molar-refractivity contribution is -0.410. The monoisotopic (exact) mass is 304 g/mol. The minimum atomic E-state index is -0.764. The second-order valence-electron chi connectivity index (χ2n) is 5.04. The van der Waals surface area contributed by atoms with Gasteiger partial charge in [0.1, 0.15) is 5.69 Å². The van der Waals surface area contributed by atoms with Gasteiger partial charge >= 0.3 is 5.03 Å². The van der Waals surface area contributed by atoms with Crippen molar-refractivity contribution in [3.63, 3.8) is 0 Å². The molecule has 2 unspecified atom stereocenters. The quantitative estimate of drug-likeness (QED) is 0.628. The first kappa shape index (κ1) is 13.9. The van der Waals surface area contributed by atoms with Crippen LogP contribution in [-0.4, -0.2) is 26.7 Å². The molecule has 6 nitrogen and oxygen atoms in total. The topological polar surface area (TPSA) is 90.2 Å². The van der Waals surface area contributed by atoms with Gasteiger partial charge in [0.15, 0.2) is 11.6 Å². The molecule has 0 radical (unpaired) electrons. The predicted octanol–water partition coefficient (Wildman–Crippen LogP) is 2.26. The molecule has 1 aliphatic carbocycles. The number of pyridine rings is 1. The minimum absolute atomic E-state index is 0.131. The van der Waals surface area contributed by atoms with Crippen molar-refractivity contribution in [3.05, 3.63) is 50.3 Å². The summed E-state index contributed by atoms with van der Waals surface area (Å²) in [6, 6.07) is 1.70. The van der Waals surface area contributed by atoms with E-state index >= 15 is 0 Å². The first-order chi connectivity index (χ1) is 10.0. The number of carbonyl (C=O) groups is 2. The van der Waals surface area contributed by atoms with Crippen LogP contribution in [0.1, 0.15) is 39.8 Å². The first-order valence-electron chi connectivity index (χ1n) is 6.63. The molecule has 0 aromatic carbocycles. The van der Waals surface area contributed by atoms with Crippen molar-refractivity contribution in [2.75, 3.05) is 0 Å². The summed E-state index contributed by atoms with van der Waals surface area (Å²) in [5.41, 5.74) is 1.35. The molecule has 1 aliphatic heterocycles. The molecule has 0 fully saturated rings. The first-order valence-corrected chi connectivity index (χ1v) is 7.51. The van der Waals surface area contributed by atoms with Crippen LogP contribution < -0.4 is 0 Å². The second-order valence-corrected chi connectivity index (χ2v) is 6.21. The van der Waals surface area contributed by atoms with Gasteiger partial charge in [0.2, 0.25) is 0 Å². The third-order valence-electron chi connectivity index (χ3n) is 3.62. The number of thioether (sulfide) groups is 1. The fourth-order valence-corrected chi connectivity index (χ4v) is 3.80. The summed E-state index contributed by atoms with van der Waals surface area (Å²) in [4.78, 5) is 39.3. The lowest BCUT2D eigenvalue weighted by Gasteiger charge is -2.22. The lowest BCUT2D eigenvalue weighted by atomic mass is 9.83. The Balaban J connectivity index is 2.03. The van der Waals surface area contributed by atoms with Gasteiger partial charge in [-0.2, -0.15) is 0 Å². The summed E-state index contributed by atoms with van der Waals surface area (Å²) in [5.74, 6) is -1.31. The number of aryl methyl sites for hydroxylation is 1. The summed E-state index contributed by atoms with van der Waals surface area (Å²) in [7, 11) is 0. The van der Waals surface area contributed by atoms with Crippen LogP contribution in [0.4, 0.5) is 0 Å². The second kappa shape index (κ2) is 5.07. The van der Waals surface area contributed by atoms with E-state index in [1.807, 2.05) is 6.92 Å². The van der Waals surface area contributed by atoms with Gasteiger partial charge in [-0.1, -0.05) is 13.3 Å². The number of Topliss-reactive ketones (excluding diaryl/α,β-unsaturated/α-hetero) is 2. The number of hydrogen-bond acceptors (Lipinski definition) is 6. The molecule has 108 valence electrons. The zero-order valence-corrected chi connectivity index (χ0v) is 12.1. The zero-order chi connectivity index (χ0) is 15.1. The third-order valence-corrected chi connectivity index (χ3v) is 4.91. The highest BCUT2D eigenvalue weighted by Crippen LogP contribution is 2.43. The van der Waals surface area contributed by atoms with E-state index in [9.17, 15) is 19.7 Å². The standard InChI is InChI=1S/C14H12N2O4S/c1-2-3-7-4-8-11(15-6-7)12(17)9-5-10(16(19)20)21-14(9)13(8)18/h4-6,9,14H,2-3H2,1H3. The molecule has 2 heterocycles. The van der Waals surface area contributed by atoms with Crippen molar-refractivity contribution in [1.82, 2.24) is 4.98 Å². The van der Waals surface area contributed by atoms with Crippen LogP contribution >= 0.6 is 11.8 Å². The van der Waals surface area contributed by atoms with Crippen molar-refractivity contribution in [3.8, 4) is 0 Å². The van der Waals surface area contributed by atoms with E-state index in [1.165, 1.54) is 6.08 Å². The Labute approximate surface area is 124 Å². The van der Waals surface area contributed by atoms with Crippen LogP contribution in [0.25, 0.3) is 0 Å². The smallest absolute Gasteiger partial charge is 0.293 e. The zero-order valence-electron chi connectivity index (χ0n) is 11.2. The highest BCUT2D eigenvalue weighted by molar-refractivity contribution is 8.04. The van der Waals surface area contributed by atoms with E-state index in [1.54, 1.807) is 12.3 Å². The van der Waals surface area contributed by atoms with Crippen molar-refractivity contribution >= 4 is 23.3 Å². The van der Waals surface area contributed by atoms with Crippen LogP contribution in [0, 0.1) is 16.0 Å². The van der Waals surface area contributed by atoms with Crippen LogP contribution in [0.5, 0.6) is 0 Å². The normalized spacial score (nSPS) is 23.6. The van der Waals surface area contributed by atoms with Crippen LogP contribution in [0.15, 0.2) is 23.4 Å². The predicted molar refractivity (Wildman–Crippen MR) is 76.8 cm³/mol. The molecular formula is C14H12N2O4S. The number of rotatable bonds is 3. The third kappa shape index (κ3) is 2.17. The molecule has 3 rings (SSSR count). The summed E-state index contributed by atoms with van der Waals surface area (Å²) >= 11 is 0.861. The van der Waals surface area contributed by atoms with Crippen molar-refractivity contribution in [2.45, 2.75) is 25.0 Å². The lowest BCUT2D eigenvalue weighted by Crippen LogP contribution is -2.36. The molecule has 0 amide bonds. The van der Waals surface area contributed by atoms with Crippen LogP contribution in [-0.2, 0) is 6.42 Å². The fourth-order valence-electron chi connectivity index (χ4n) is 2.65. The average molecular weight is 304 g/mol. The van der Waals surface area contributed by atoms with Crippen molar-refractivity contribution in [1.29, 1.82) is 0 Å². The van der Waals surface area contributed by atoms with Gasteiger partial charge in [0, 0.05) is 17.8 Å². The molecule has 0 bridgehead atoms. The number of fused-ring (bicyclic) bond motifs is 2. The minimum Gasteiger partial charge on any atom is -0.293 e. The van der Waals surface area contributed by atoms with Crippen molar-refractivity contribution < 1.29 is 14.5 Å². The van der Waals surface area contributed by atoms with Gasteiger partial charge in [-0.15, -0.1) is 0 Å². The Kier molecular flexibility index (Phi) is 3.36. The van der Waals surface area contributed by atoms with Crippen LogP contribution in [0.2, 0.25) is 0 Å². The Bertz CT molecular complexity index is 698. The number of hydrogen-bond donors (Lipinski definition) is 0. The van der Waals surface area contributed by atoms with E-state index in [2.05, 4.69) is 4.98 Å². The maximum absolute atomic E-state index is 12.5. The van der Waals surface area contributed by atoms with Gasteiger partial charge in [-0.05, 0) is 29.8 Å². The Hall–Kier alpha value is -2.02. The molecule has 0 saturated heterocycles. The molecule has 2 aliphatic rings. The SMILES string of the molecule is CCCc1cnc2c(c1)C(=O)C1SC([N+](=O)[O-])=CC1C2=O. The molecule has 7 heteroatoms.